The van der Waals surface area contributed by atoms with E-state index in [4.69, 9.17) is 0 Å². The fourth-order valence-electron chi connectivity index (χ4n) is 1.38. The molecule has 0 aliphatic carbocycles. The molecule has 0 aliphatic heterocycles. The molecule has 0 saturated carbocycles. The number of anilines is 1. The van der Waals surface area contributed by atoms with Crippen LogP contribution in [0, 0.1) is 0 Å². The summed E-state index contributed by atoms with van der Waals surface area (Å²) >= 11 is 0. The summed E-state index contributed by atoms with van der Waals surface area (Å²) in [6.45, 7) is 0.641. The van der Waals surface area contributed by atoms with Crippen LogP contribution in [0.2, 0.25) is 0 Å². The van der Waals surface area contributed by atoms with Gasteiger partial charge in [-0.25, -0.2) is 4.98 Å². The second-order valence-electron chi connectivity index (χ2n) is 3.52. The van der Waals surface area contributed by atoms with Crippen molar-refractivity contribution in [3.05, 3.63) is 61.2 Å². The standard InChI is InChI=1S/C13H13N3O/c17-13(15-12-5-2-1-3-6-12)7-4-9-16-10-8-14-11-16/h1-8,10-11H,9H2,(H,15,17). The van der Waals surface area contributed by atoms with Crippen molar-refractivity contribution in [2.75, 3.05) is 5.32 Å². The number of amides is 1. The van der Waals surface area contributed by atoms with Crippen LogP contribution in [0.25, 0.3) is 0 Å². The minimum absolute atomic E-state index is 0.128. The van der Waals surface area contributed by atoms with Gasteiger partial charge in [0, 0.05) is 30.7 Å². The van der Waals surface area contributed by atoms with E-state index in [0.29, 0.717) is 6.54 Å². The van der Waals surface area contributed by atoms with Gasteiger partial charge in [0.2, 0.25) is 5.91 Å². The van der Waals surface area contributed by atoms with Crippen molar-refractivity contribution >= 4 is 11.6 Å². The molecule has 1 aromatic heterocycles. The van der Waals surface area contributed by atoms with Crippen molar-refractivity contribution < 1.29 is 4.79 Å². The van der Waals surface area contributed by atoms with Crippen LogP contribution in [0.15, 0.2) is 61.2 Å². The zero-order chi connectivity index (χ0) is 11.9. The Balaban J connectivity index is 1.83. The highest BCUT2D eigenvalue weighted by molar-refractivity contribution is 5.99. The number of carbonyl (C=O) groups excluding carboxylic acids is 1. The predicted molar refractivity (Wildman–Crippen MR) is 66.4 cm³/mol. The third kappa shape index (κ3) is 3.61. The summed E-state index contributed by atoms with van der Waals surface area (Å²) in [5.74, 6) is -0.128. The molecule has 1 heterocycles. The quantitative estimate of drug-likeness (QED) is 0.813. The van der Waals surface area contributed by atoms with Gasteiger partial charge in [0.25, 0.3) is 0 Å². The average Bonchev–Trinajstić information content (AvgIpc) is 2.83. The van der Waals surface area contributed by atoms with E-state index in [0.717, 1.165) is 5.69 Å². The molecule has 0 bridgehead atoms. The lowest BCUT2D eigenvalue weighted by atomic mass is 10.3. The minimum Gasteiger partial charge on any atom is -0.334 e. The van der Waals surface area contributed by atoms with E-state index >= 15 is 0 Å². The largest absolute Gasteiger partial charge is 0.334 e. The molecule has 0 spiro atoms. The number of hydrogen-bond acceptors (Lipinski definition) is 2. The normalized spacial score (nSPS) is 10.6. The lowest BCUT2D eigenvalue weighted by Crippen LogP contribution is -2.07. The molecular formula is C13H13N3O. The minimum atomic E-state index is -0.128. The van der Waals surface area contributed by atoms with Gasteiger partial charge in [-0.15, -0.1) is 0 Å². The SMILES string of the molecule is O=C(C=CCn1ccnc1)Nc1ccccc1. The Hall–Kier alpha value is -2.36. The first-order valence-corrected chi connectivity index (χ1v) is 5.33. The first-order chi connectivity index (χ1) is 8.34. The molecule has 4 nitrogen and oxygen atoms in total. The smallest absolute Gasteiger partial charge is 0.248 e. The van der Waals surface area contributed by atoms with Crippen molar-refractivity contribution in [1.82, 2.24) is 9.55 Å². The third-order valence-corrected chi connectivity index (χ3v) is 2.19. The van der Waals surface area contributed by atoms with E-state index in [9.17, 15) is 4.79 Å². The lowest BCUT2D eigenvalue weighted by Gasteiger charge is -2.00. The van der Waals surface area contributed by atoms with Crippen LogP contribution in [-0.2, 0) is 11.3 Å². The van der Waals surface area contributed by atoms with E-state index < -0.39 is 0 Å². The van der Waals surface area contributed by atoms with Gasteiger partial charge in [0.1, 0.15) is 0 Å². The molecule has 0 fully saturated rings. The number of benzene rings is 1. The van der Waals surface area contributed by atoms with Crippen LogP contribution in [0.1, 0.15) is 0 Å². The first kappa shape index (κ1) is 11.1. The Morgan fingerprint density at radius 2 is 2.18 bits per heavy atom. The van der Waals surface area contributed by atoms with Gasteiger partial charge in [-0.05, 0) is 12.1 Å². The van der Waals surface area contributed by atoms with Crippen LogP contribution in [0.4, 0.5) is 5.69 Å². The Kier molecular flexibility index (Phi) is 3.70. The highest BCUT2D eigenvalue weighted by Crippen LogP contribution is 2.04. The number of rotatable bonds is 4. The molecule has 0 radical (unpaired) electrons. The fourth-order valence-corrected chi connectivity index (χ4v) is 1.38. The maximum absolute atomic E-state index is 11.5. The van der Waals surface area contributed by atoms with E-state index in [1.54, 1.807) is 18.6 Å². The molecule has 2 rings (SSSR count). The summed E-state index contributed by atoms with van der Waals surface area (Å²) in [5, 5.41) is 2.77. The predicted octanol–water partition coefficient (Wildman–Crippen LogP) is 2.08. The molecule has 0 atom stereocenters. The van der Waals surface area contributed by atoms with Crippen LogP contribution in [0.5, 0.6) is 0 Å². The molecule has 1 N–H and O–H groups in total. The van der Waals surface area contributed by atoms with E-state index in [1.165, 1.54) is 6.08 Å². The maximum atomic E-state index is 11.5. The van der Waals surface area contributed by atoms with Gasteiger partial charge >= 0.3 is 0 Å². The Labute approximate surface area is 99.6 Å². The number of imidazole rings is 1. The summed E-state index contributed by atoms with van der Waals surface area (Å²) in [7, 11) is 0. The Bertz CT molecular complexity index is 489. The molecule has 86 valence electrons. The van der Waals surface area contributed by atoms with Crippen molar-refractivity contribution in [1.29, 1.82) is 0 Å². The van der Waals surface area contributed by atoms with Crippen LogP contribution in [-0.4, -0.2) is 15.5 Å². The molecule has 0 saturated heterocycles. The van der Waals surface area contributed by atoms with Gasteiger partial charge in [-0.2, -0.15) is 0 Å². The van der Waals surface area contributed by atoms with Gasteiger partial charge in [0.05, 0.1) is 6.33 Å². The van der Waals surface area contributed by atoms with Crippen molar-refractivity contribution in [2.24, 2.45) is 0 Å². The molecule has 17 heavy (non-hydrogen) atoms. The van der Waals surface area contributed by atoms with E-state index in [2.05, 4.69) is 10.3 Å². The van der Waals surface area contributed by atoms with Crippen molar-refractivity contribution in [3.8, 4) is 0 Å². The lowest BCUT2D eigenvalue weighted by molar-refractivity contribution is -0.111. The average molecular weight is 227 g/mol. The van der Waals surface area contributed by atoms with Crippen molar-refractivity contribution in [3.63, 3.8) is 0 Å². The van der Waals surface area contributed by atoms with Crippen LogP contribution < -0.4 is 5.32 Å². The number of para-hydroxylation sites is 1. The number of nitrogens with zero attached hydrogens (tertiary/aromatic N) is 2. The molecule has 4 heteroatoms. The molecule has 2 aromatic rings. The number of aromatic nitrogens is 2. The van der Waals surface area contributed by atoms with Gasteiger partial charge in [-0.3, -0.25) is 4.79 Å². The van der Waals surface area contributed by atoms with Crippen LogP contribution in [0.3, 0.4) is 0 Å². The Morgan fingerprint density at radius 3 is 2.88 bits per heavy atom. The summed E-state index contributed by atoms with van der Waals surface area (Å²) in [5.41, 5.74) is 0.796. The second-order valence-corrected chi connectivity index (χ2v) is 3.52. The van der Waals surface area contributed by atoms with Crippen molar-refractivity contribution in [2.45, 2.75) is 6.54 Å². The number of allylic oxidation sites excluding steroid dienone is 1. The number of nitrogens with one attached hydrogen (secondary N) is 1. The second kappa shape index (κ2) is 5.65. The zero-order valence-corrected chi connectivity index (χ0v) is 9.28. The molecule has 0 aliphatic rings. The van der Waals surface area contributed by atoms with Gasteiger partial charge < -0.3 is 9.88 Å². The molecular weight excluding hydrogens is 214 g/mol. The first-order valence-electron chi connectivity index (χ1n) is 5.33. The summed E-state index contributed by atoms with van der Waals surface area (Å²) in [4.78, 5) is 15.4. The summed E-state index contributed by atoms with van der Waals surface area (Å²) in [6.07, 6.45) is 8.57. The van der Waals surface area contributed by atoms with Crippen LogP contribution >= 0.6 is 0 Å². The van der Waals surface area contributed by atoms with Gasteiger partial charge in [0.15, 0.2) is 0 Å². The summed E-state index contributed by atoms with van der Waals surface area (Å²) < 4.78 is 1.88. The summed E-state index contributed by atoms with van der Waals surface area (Å²) in [6, 6.07) is 9.36. The Morgan fingerprint density at radius 1 is 1.35 bits per heavy atom. The highest BCUT2D eigenvalue weighted by atomic mass is 16.1. The van der Waals surface area contributed by atoms with E-state index in [-0.39, 0.29) is 5.91 Å². The monoisotopic (exact) mass is 227 g/mol. The van der Waals surface area contributed by atoms with E-state index in [1.807, 2.05) is 41.1 Å². The number of carbonyl (C=O) groups is 1. The maximum Gasteiger partial charge on any atom is 0.248 e. The molecule has 1 amide bonds. The number of hydrogen-bond donors (Lipinski definition) is 1. The molecule has 0 unspecified atom stereocenters. The molecule has 1 aromatic carbocycles. The topological polar surface area (TPSA) is 46.9 Å². The fraction of sp³-hybridized carbons (Fsp3) is 0.0769. The third-order valence-electron chi connectivity index (χ3n) is 2.19. The highest BCUT2D eigenvalue weighted by Gasteiger charge is 1.95. The van der Waals surface area contributed by atoms with Gasteiger partial charge in [-0.1, -0.05) is 24.3 Å². The zero-order valence-electron chi connectivity index (χ0n) is 9.28.